The standard InChI is InChI=1S/C21H18O2/c22-19-14-18(15-8-3-1-4-9-15)17-12-7-13-20(21(17)19)23-16-10-5-2-6-11-16/h1-13,18-19,22H,14H2/t18-,19-/m0/s1. The molecule has 0 spiro atoms. The molecule has 0 saturated heterocycles. The first-order valence-corrected chi connectivity index (χ1v) is 7.91. The fourth-order valence-electron chi connectivity index (χ4n) is 3.40. The largest absolute Gasteiger partial charge is 0.457 e. The Labute approximate surface area is 136 Å². The number of rotatable bonds is 3. The van der Waals surface area contributed by atoms with Crippen molar-refractivity contribution in [1.82, 2.24) is 0 Å². The van der Waals surface area contributed by atoms with Crippen molar-refractivity contribution in [3.63, 3.8) is 0 Å². The first-order valence-electron chi connectivity index (χ1n) is 7.91. The van der Waals surface area contributed by atoms with E-state index in [1.54, 1.807) is 0 Å². The van der Waals surface area contributed by atoms with Gasteiger partial charge in [0.15, 0.2) is 0 Å². The van der Waals surface area contributed by atoms with Crippen molar-refractivity contribution < 1.29 is 9.84 Å². The zero-order valence-corrected chi connectivity index (χ0v) is 12.7. The maximum atomic E-state index is 10.6. The van der Waals surface area contributed by atoms with Crippen LogP contribution in [0.1, 0.15) is 35.1 Å². The van der Waals surface area contributed by atoms with Gasteiger partial charge in [0.25, 0.3) is 0 Å². The normalized spacial score (nSPS) is 19.3. The Kier molecular flexibility index (Phi) is 3.60. The summed E-state index contributed by atoms with van der Waals surface area (Å²) in [5.41, 5.74) is 3.32. The van der Waals surface area contributed by atoms with Gasteiger partial charge in [0.2, 0.25) is 0 Å². The molecule has 3 aromatic carbocycles. The van der Waals surface area contributed by atoms with Crippen LogP contribution in [-0.2, 0) is 0 Å². The Morgan fingerprint density at radius 2 is 1.48 bits per heavy atom. The summed E-state index contributed by atoms with van der Waals surface area (Å²) in [6.07, 6.45) is 0.212. The average Bonchev–Trinajstić information content (AvgIpc) is 2.95. The molecule has 1 aliphatic rings. The van der Waals surface area contributed by atoms with Gasteiger partial charge in [-0.2, -0.15) is 0 Å². The van der Waals surface area contributed by atoms with Gasteiger partial charge in [-0.1, -0.05) is 60.7 Å². The van der Waals surface area contributed by atoms with E-state index >= 15 is 0 Å². The number of hydrogen-bond acceptors (Lipinski definition) is 2. The van der Waals surface area contributed by atoms with Gasteiger partial charge in [-0.15, -0.1) is 0 Å². The summed E-state index contributed by atoms with van der Waals surface area (Å²) < 4.78 is 6.02. The molecule has 2 heteroatoms. The number of fused-ring (bicyclic) bond motifs is 1. The van der Waals surface area contributed by atoms with Crippen LogP contribution < -0.4 is 4.74 Å². The lowest BCUT2D eigenvalue weighted by Gasteiger charge is -2.14. The molecule has 4 rings (SSSR count). The number of aliphatic hydroxyl groups is 1. The number of aliphatic hydroxyl groups excluding tert-OH is 1. The third-order valence-corrected chi connectivity index (χ3v) is 4.44. The molecule has 2 nitrogen and oxygen atoms in total. The summed E-state index contributed by atoms with van der Waals surface area (Å²) in [4.78, 5) is 0. The molecule has 114 valence electrons. The molecule has 0 aliphatic heterocycles. The average molecular weight is 302 g/mol. The monoisotopic (exact) mass is 302 g/mol. The Bertz CT molecular complexity index is 797. The molecule has 1 aliphatic carbocycles. The molecule has 0 saturated carbocycles. The lowest BCUT2D eigenvalue weighted by molar-refractivity contribution is 0.173. The van der Waals surface area contributed by atoms with E-state index in [-0.39, 0.29) is 5.92 Å². The summed E-state index contributed by atoms with van der Waals surface area (Å²) in [6, 6.07) is 26.1. The van der Waals surface area contributed by atoms with Crippen LogP contribution in [0.4, 0.5) is 0 Å². The molecule has 0 aromatic heterocycles. The first-order chi connectivity index (χ1) is 11.3. The zero-order valence-electron chi connectivity index (χ0n) is 12.7. The lowest BCUT2D eigenvalue weighted by atomic mass is 9.93. The summed E-state index contributed by atoms with van der Waals surface area (Å²) in [5.74, 6) is 1.76. The topological polar surface area (TPSA) is 29.5 Å². The minimum Gasteiger partial charge on any atom is -0.457 e. The Morgan fingerprint density at radius 3 is 2.22 bits per heavy atom. The van der Waals surface area contributed by atoms with Gasteiger partial charge in [0.05, 0.1) is 6.10 Å². The second-order valence-corrected chi connectivity index (χ2v) is 5.89. The van der Waals surface area contributed by atoms with E-state index in [0.717, 1.165) is 22.6 Å². The lowest BCUT2D eigenvalue weighted by Crippen LogP contribution is -1.96. The molecule has 3 aromatic rings. The Hall–Kier alpha value is -2.58. The van der Waals surface area contributed by atoms with Crippen molar-refractivity contribution in [3.8, 4) is 11.5 Å². The van der Waals surface area contributed by atoms with E-state index in [1.165, 1.54) is 5.56 Å². The molecule has 0 bridgehead atoms. The predicted octanol–water partition coefficient (Wildman–Crippen LogP) is 5.05. The number of para-hydroxylation sites is 1. The van der Waals surface area contributed by atoms with Crippen LogP contribution in [0.2, 0.25) is 0 Å². The highest BCUT2D eigenvalue weighted by molar-refractivity contribution is 5.52. The molecule has 0 heterocycles. The van der Waals surface area contributed by atoms with Crippen molar-refractivity contribution in [2.75, 3.05) is 0 Å². The molecule has 1 N–H and O–H groups in total. The maximum Gasteiger partial charge on any atom is 0.133 e. The van der Waals surface area contributed by atoms with E-state index in [0.29, 0.717) is 6.42 Å². The Morgan fingerprint density at radius 1 is 0.783 bits per heavy atom. The summed E-state index contributed by atoms with van der Waals surface area (Å²) in [5, 5.41) is 10.6. The van der Waals surface area contributed by atoms with Crippen molar-refractivity contribution in [2.45, 2.75) is 18.4 Å². The van der Waals surface area contributed by atoms with Crippen LogP contribution in [0.5, 0.6) is 11.5 Å². The summed E-state index contributed by atoms with van der Waals surface area (Å²) in [6.45, 7) is 0. The van der Waals surface area contributed by atoms with E-state index in [4.69, 9.17) is 4.74 Å². The van der Waals surface area contributed by atoms with Gasteiger partial charge >= 0.3 is 0 Å². The minimum atomic E-state index is -0.491. The molecule has 23 heavy (non-hydrogen) atoms. The van der Waals surface area contributed by atoms with E-state index in [1.807, 2.05) is 60.7 Å². The predicted molar refractivity (Wildman–Crippen MR) is 90.8 cm³/mol. The van der Waals surface area contributed by atoms with E-state index in [2.05, 4.69) is 18.2 Å². The maximum absolute atomic E-state index is 10.6. The molecular formula is C21H18O2. The van der Waals surface area contributed by atoms with Crippen molar-refractivity contribution in [2.24, 2.45) is 0 Å². The quantitative estimate of drug-likeness (QED) is 0.733. The highest BCUT2D eigenvalue weighted by Gasteiger charge is 2.33. The number of ether oxygens (including phenoxy) is 1. The van der Waals surface area contributed by atoms with Crippen molar-refractivity contribution >= 4 is 0 Å². The van der Waals surface area contributed by atoms with Crippen LogP contribution in [0.25, 0.3) is 0 Å². The van der Waals surface area contributed by atoms with Crippen LogP contribution in [0.3, 0.4) is 0 Å². The number of benzene rings is 3. The second-order valence-electron chi connectivity index (χ2n) is 5.89. The second kappa shape index (κ2) is 5.90. The van der Waals surface area contributed by atoms with Crippen LogP contribution in [0, 0.1) is 0 Å². The fraction of sp³-hybridized carbons (Fsp3) is 0.143. The van der Waals surface area contributed by atoms with Crippen molar-refractivity contribution in [1.29, 1.82) is 0 Å². The van der Waals surface area contributed by atoms with Crippen LogP contribution >= 0.6 is 0 Å². The third-order valence-electron chi connectivity index (χ3n) is 4.44. The number of hydrogen-bond donors (Lipinski definition) is 1. The third kappa shape index (κ3) is 2.62. The van der Waals surface area contributed by atoms with Gasteiger partial charge < -0.3 is 9.84 Å². The molecule has 0 fully saturated rings. The van der Waals surface area contributed by atoms with Gasteiger partial charge in [-0.3, -0.25) is 0 Å². The fourth-order valence-corrected chi connectivity index (χ4v) is 3.40. The highest BCUT2D eigenvalue weighted by Crippen LogP contribution is 2.48. The summed E-state index contributed by atoms with van der Waals surface area (Å²) in [7, 11) is 0. The van der Waals surface area contributed by atoms with E-state index < -0.39 is 6.10 Å². The van der Waals surface area contributed by atoms with Crippen LogP contribution in [0.15, 0.2) is 78.9 Å². The molecule has 0 radical (unpaired) electrons. The zero-order chi connectivity index (χ0) is 15.6. The van der Waals surface area contributed by atoms with Gasteiger partial charge in [0.1, 0.15) is 11.5 Å². The smallest absolute Gasteiger partial charge is 0.133 e. The van der Waals surface area contributed by atoms with Crippen molar-refractivity contribution in [3.05, 3.63) is 95.6 Å². The SMILES string of the molecule is O[C@H]1C[C@@H](c2ccccc2)c2cccc(Oc3ccccc3)c21. The van der Waals surface area contributed by atoms with E-state index in [9.17, 15) is 5.11 Å². The van der Waals surface area contributed by atoms with Crippen LogP contribution in [-0.4, -0.2) is 5.11 Å². The molecule has 2 atom stereocenters. The van der Waals surface area contributed by atoms with Gasteiger partial charge in [0, 0.05) is 11.5 Å². The molecular weight excluding hydrogens is 284 g/mol. The molecule has 0 amide bonds. The summed E-state index contributed by atoms with van der Waals surface area (Å²) >= 11 is 0. The van der Waals surface area contributed by atoms with Gasteiger partial charge in [-0.25, -0.2) is 0 Å². The highest BCUT2D eigenvalue weighted by atomic mass is 16.5. The minimum absolute atomic E-state index is 0.223. The molecule has 0 unspecified atom stereocenters. The van der Waals surface area contributed by atoms with Gasteiger partial charge in [-0.05, 0) is 35.7 Å². The first kappa shape index (κ1) is 14.0. The Balaban J connectivity index is 1.74.